The molecule has 6 heteroatoms. The number of anilines is 3. The van der Waals surface area contributed by atoms with E-state index in [4.69, 9.17) is 0 Å². The van der Waals surface area contributed by atoms with Gasteiger partial charge < -0.3 is 10.6 Å². The fourth-order valence-electron chi connectivity index (χ4n) is 2.70. The minimum Gasteiger partial charge on any atom is -0.324 e. The van der Waals surface area contributed by atoms with Crippen molar-refractivity contribution in [1.29, 1.82) is 0 Å². The number of Topliss-reactive ketones (excluding diaryl/α,β-unsaturated/α-hetero) is 1. The molecule has 3 aromatic rings. The third-order valence-electron chi connectivity index (χ3n) is 3.92. The van der Waals surface area contributed by atoms with E-state index in [0.717, 1.165) is 16.8 Å². The Kier molecular flexibility index (Phi) is 5.26. The van der Waals surface area contributed by atoms with Crippen LogP contribution in [0.3, 0.4) is 0 Å². The van der Waals surface area contributed by atoms with Crippen molar-refractivity contribution in [3.05, 3.63) is 77.1 Å². The molecular weight excluding hydrogens is 340 g/mol. The molecule has 2 N–H and O–H groups in total. The number of hydrogen-bond acceptors (Lipinski definition) is 5. The number of amides is 1. The lowest BCUT2D eigenvalue weighted by molar-refractivity contribution is 0.101. The normalized spacial score (nSPS) is 10.3. The van der Waals surface area contributed by atoms with Crippen molar-refractivity contribution < 1.29 is 9.59 Å². The van der Waals surface area contributed by atoms with Gasteiger partial charge in [0.15, 0.2) is 5.78 Å². The minimum atomic E-state index is -0.273. The molecule has 2 aromatic carbocycles. The lowest BCUT2D eigenvalue weighted by atomic mass is 10.1. The molecule has 0 atom stereocenters. The monoisotopic (exact) mass is 360 g/mol. The highest BCUT2D eigenvalue weighted by Crippen LogP contribution is 2.17. The lowest BCUT2D eigenvalue weighted by Crippen LogP contribution is -2.13. The summed E-state index contributed by atoms with van der Waals surface area (Å²) >= 11 is 0. The summed E-state index contributed by atoms with van der Waals surface area (Å²) in [6.45, 7) is 5.47. The highest BCUT2D eigenvalue weighted by Gasteiger charge is 2.09. The van der Waals surface area contributed by atoms with E-state index in [0.29, 0.717) is 22.8 Å². The van der Waals surface area contributed by atoms with Crippen LogP contribution in [0.25, 0.3) is 0 Å². The van der Waals surface area contributed by atoms with E-state index in [2.05, 4.69) is 20.6 Å². The second-order valence-electron chi connectivity index (χ2n) is 6.39. The number of nitrogens with one attached hydrogen (secondary N) is 2. The molecule has 1 aromatic heterocycles. The van der Waals surface area contributed by atoms with Gasteiger partial charge in [-0.2, -0.15) is 0 Å². The Balaban J connectivity index is 1.70. The molecule has 0 radical (unpaired) electrons. The smallest absolute Gasteiger partial charge is 0.258 e. The van der Waals surface area contributed by atoms with Crippen molar-refractivity contribution in [3.63, 3.8) is 0 Å². The number of carbonyl (C=O) groups excluding carboxylic acids is 2. The zero-order valence-electron chi connectivity index (χ0n) is 15.4. The Labute approximate surface area is 157 Å². The summed E-state index contributed by atoms with van der Waals surface area (Å²) in [6, 6.07) is 12.9. The Hall–Kier alpha value is -3.54. The first-order valence-corrected chi connectivity index (χ1v) is 8.50. The number of benzene rings is 2. The molecule has 0 aliphatic rings. The van der Waals surface area contributed by atoms with Crippen LogP contribution in [0.15, 0.2) is 54.9 Å². The van der Waals surface area contributed by atoms with Crippen LogP contribution in [-0.4, -0.2) is 21.7 Å². The molecule has 6 nitrogen and oxygen atoms in total. The summed E-state index contributed by atoms with van der Waals surface area (Å²) in [5.41, 5.74) is 4.56. The van der Waals surface area contributed by atoms with Gasteiger partial charge in [0.05, 0.1) is 5.56 Å². The molecule has 3 rings (SSSR count). The topological polar surface area (TPSA) is 84.0 Å². The van der Waals surface area contributed by atoms with E-state index >= 15 is 0 Å². The number of aryl methyl sites for hydroxylation is 2. The molecule has 136 valence electrons. The summed E-state index contributed by atoms with van der Waals surface area (Å²) in [4.78, 5) is 32.2. The summed E-state index contributed by atoms with van der Waals surface area (Å²) < 4.78 is 0. The number of rotatable bonds is 5. The van der Waals surface area contributed by atoms with E-state index in [-0.39, 0.29) is 11.7 Å². The summed E-state index contributed by atoms with van der Waals surface area (Å²) in [6.07, 6.45) is 2.92. The van der Waals surface area contributed by atoms with Crippen LogP contribution in [0, 0.1) is 13.8 Å². The third-order valence-corrected chi connectivity index (χ3v) is 3.92. The quantitative estimate of drug-likeness (QED) is 0.663. The van der Waals surface area contributed by atoms with Gasteiger partial charge in [-0.3, -0.25) is 9.59 Å². The largest absolute Gasteiger partial charge is 0.324 e. The summed E-state index contributed by atoms with van der Waals surface area (Å²) in [7, 11) is 0. The molecule has 0 bridgehead atoms. The van der Waals surface area contributed by atoms with Crippen LogP contribution in [0.2, 0.25) is 0 Å². The van der Waals surface area contributed by atoms with Crippen molar-refractivity contribution >= 4 is 29.0 Å². The maximum absolute atomic E-state index is 12.4. The number of hydrogen-bond donors (Lipinski definition) is 2. The number of nitrogens with zero attached hydrogens (tertiary/aromatic N) is 2. The SMILES string of the molecule is CC(=O)c1cccc(Nc2ncc(C(=O)Nc3cc(C)cc(C)c3)cn2)c1. The zero-order chi connectivity index (χ0) is 19.4. The number of aromatic nitrogens is 2. The standard InChI is InChI=1S/C21H20N4O2/c1-13-7-14(2)9-19(8-13)24-20(27)17-11-22-21(23-12-17)25-18-6-4-5-16(10-18)15(3)26/h4-12H,1-3H3,(H,24,27)(H,22,23,25). The van der Waals surface area contributed by atoms with Gasteiger partial charge in [-0.1, -0.05) is 18.2 Å². The highest BCUT2D eigenvalue weighted by atomic mass is 16.1. The fourth-order valence-corrected chi connectivity index (χ4v) is 2.70. The molecule has 0 aliphatic carbocycles. The van der Waals surface area contributed by atoms with Gasteiger partial charge in [-0.05, 0) is 56.2 Å². The lowest BCUT2D eigenvalue weighted by Gasteiger charge is -2.08. The van der Waals surface area contributed by atoms with Crippen LogP contribution in [0.5, 0.6) is 0 Å². The predicted molar refractivity (Wildman–Crippen MR) is 106 cm³/mol. The predicted octanol–water partition coefficient (Wildman–Crippen LogP) is 4.29. The van der Waals surface area contributed by atoms with Crippen molar-refractivity contribution in [2.24, 2.45) is 0 Å². The maximum Gasteiger partial charge on any atom is 0.258 e. The second-order valence-corrected chi connectivity index (χ2v) is 6.39. The number of ketones is 1. The van der Waals surface area contributed by atoms with Gasteiger partial charge in [-0.15, -0.1) is 0 Å². The molecule has 0 saturated carbocycles. The first kappa shape index (κ1) is 18.3. The fraction of sp³-hybridized carbons (Fsp3) is 0.143. The molecule has 0 saturated heterocycles. The van der Waals surface area contributed by atoms with Crippen molar-refractivity contribution in [2.45, 2.75) is 20.8 Å². The molecule has 0 spiro atoms. The van der Waals surface area contributed by atoms with E-state index < -0.39 is 0 Å². The zero-order valence-corrected chi connectivity index (χ0v) is 15.4. The van der Waals surface area contributed by atoms with Gasteiger partial charge in [0, 0.05) is 29.3 Å². The summed E-state index contributed by atoms with van der Waals surface area (Å²) in [5, 5.41) is 5.88. The van der Waals surface area contributed by atoms with E-state index in [9.17, 15) is 9.59 Å². The minimum absolute atomic E-state index is 0.0158. The third kappa shape index (κ3) is 4.76. The molecule has 1 amide bonds. The Morgan fingerprint density at radius 1 is 0.852 bits per heavy atom. The molecule has 1 heterocycles. The van der Waals surface area contributed by atoms with Crippen LogP contribution in [0.4, 0.5) is 17.3 Å². The van der Waals surface area contributed by atoms with E-state index in [1.807, 2.05) is 38.1 Å². The van der Waals surface area contributed by atoms with Crippen LogP contribution >= 0.6 is 0 Å². The average molecular weight is 360 g/mol. The average Bonchev–Trinajstić information content (AvgIpc) is 2.61. The van der Waals surface area contributed by atoms with E-state index in [1.165, 1.54) is 19.3 Å². The molecule has 0 aliphatic heterocycles. The molecule has 27 heavy (non-hydrogen) atoms. The number of carbonyl (C=O) groups is 2. The van der Waals surface area contributed by atoms with Crippen molar-refractivity contribution in [3.8, 4) is 0 Å². The van der Waals surface area contributed by atoms with Gasteiger partial charge in [0.1, 0.15) is 0 Å². The first-order valence-electron chi connectivity index (χ1n) is 8.50. The Morgan fingerprint density at radius 3 is 2.15 bits per heavy atom. The molecule has 0 unspecified atom stereocenters. The van der Waals surface area contributed by atoms with Crippen molar-refractivity contribution in [1.82, 2.24) is 9.97 Å². The molecular formula is C21H20N4O2. The van der Waals surface area contributed by atoms with Crippen LogP contribution in [0.1, 0.15) is 38.8 Å². The second kappa shape index (κ2) is 7.78. The van der Waals surface area contributed by atoms with Gasteiger partial charge in [-0.25, -0.2) is 9.97 Å². The van der Waals surface area contributed by atoms with Gasteiger partial charge in [0.2, 0.25) is 5.95 Å². The molecule has 0 fully saturated rings. The van der Waals surface area contributed by atoms with E-state index in [1.54, 1.807) is 18.2 Å². The maximum atomic E-state index is 12.4. The van der Waals surface area contributed by atoms with Crippen LogP contribution in [-0.2, 0) is 0 Å². The Morgan fingerprint density at radius 2 is 1.52 bits per heavy atom. The van der Waals surface area contributed by atoms with Crippen molar-refractivity contribution in [2.75, 3.05) is 10.6 Å². The van der Waals surface area contributed by atoms with Crippen LogP contribution < -0.4 is 10.6 Å². The Bertz CT molecular complexity index is 977. The first-order chi connectivity index (χ1) is 12.9. The highest BCUT2D eigenvalue weighted by molar-refractivity contribution is 6.04. The van der Waals surface area contributed by atoms with Gasteiger partial charge >= 0.3 is 0 Å². The van der Waals surface area contributed by atoms with Gasteiger partial charge in [0.25, 0.3) is 5.91 Å². The summed E-state index contributed by atoms with van der Waals surface area (Å²) in [5.74, 6) is 0.0572.